The molecule has 5 rings (SSSR count). The molecule has 4 nitrogen and oxygen atoms in total. The van der Waals surface area contributed by atoms with Gasteiger partial charge in [-0.1, -0.05) is 98.8 Å². The van der Waals surface area contributed by atoms with E-state index in [1.807, 2.05) is 0 Å². The molecule has 3 aliphatic carbocycles. The first-order chi connectivity index (χ1) is 18.3. The SMILES string of the molecule is CC1C=C(C2(C3=CC(C)C(C)(OCCO)C=C3)c3ccccc3Cc3ccccc32)C=CC1(C)OCCO. The number of hydrogen-bond acceptors (Lipinski definition) is 4. The molecule has 0 fully saturated rings. The summed E-state index contributed by atoms with van der Waals surface area (Å²) in [5, 5.41) is 18.8. The molecule has 38 heavy (non-hydrogen) atoms. The van der Waals surface area contributed by atoms with Crippen LogP contribution in [0.25, 0.3) is 0 Å². The molecule has 0 spiro atoms. The molecule has 0 radical (unpaired) electrons. The Morgan fingerprint density at radius 3 is 1.53 bits per heavy atom. The molecule has 0 saturated carbocycles. The highest BCUT2D eigenvalue weighted by Crippen LogP contribution is 2.55. The summed E-state index contributed by atoms with van der Waals surface area (Å²) in [4.78, 5) is 0. The van der Waals surface area contributed by atoms with Crippen molar-refractivity contribution in [3.05, 3.63) is 118 Å². The van der Waals surface area contributed by atoms with Gasteiger partial charge in [0.15, 0.2) is 0 Å². The topological polar surface area (TPSA) is 58.9 Å². The number of allylic oxidation sites excluding steroid dienone is 4. The summed E-state index contributed by atoms with van der Waals surface area (Å²) in [7, 11) is 0. The third-order valence-electron chi connectivity index (χ3n) is 8.95. The van der Waals surface area contributed by atoms with E-state index in [-0.39, 0.29) is 25.0 Å². The Kier molecular flexibility index (Phi) is 7.36. The van der Waals surface area contributed by atoms with Gasteiger partial charge < -0.3 is 19.7 Å². The van der Waals surface area contributed by atoms with Crippen LogP contribution in [0.4, 0.5) is 0 Å². The van der Waals surface area contributed by atoms with Crippen molar-refractivity contribution in [2.45, 2.75) is 50.7 Å². The van der Waals surface area contributed by atoms with E-state index >= 15 is 0 Å². The van der Waals surface area contributed by atoms with Gasteiger partial charge in [-0.2, -0.15) is 0 Å². The van der Waals surface area contributed by atoms with Gasteiger partial charge in [0.25, 0.3) is 0 Å². The molecular weight excluding hydrogens is 472 g/mol. The van der Waals surface area contributed by atoms with E-state index in [0.717, 1.165) is 6.42 Å². The molecule has 0 bridgehead atoms. The maximum absolute atomic E-state index is 9.40. The zero-order valence-corrected chi connectivity index (χ0v) is 23.0. The predicted molar refractivity (Wildman–Crippen MR) is 152 cm³/mol. The van der Waals surface area contributed by atoms with Gasteiger partial charge in [-0.05, 0) is 53.7 Å². The second-order valence-electron chi connectivity index (χ2n) is 11.2. The summed E-state index contributed by atoms with van der Waals surface area (Å²) >= 11 is 0. The van der Waals surface area contributed by atoms with Crippen LogP contribution in [0.3, 0.4) is 0 Å². The summed E-state index contributed by atoms with van der Waals surface area (Å²) in [6.07, 6.45) is 14.5. The normalized spacial score (nSPS) is 29.3. The minimum atomic E-state index is -0.489. The van der Waals surface area contributed by atoms with Crippen LogP contribution in [-0.4, -0.2) is 47.8 Å². The van der Waals surface area contributed by atoms with E-state index < -0.39 is 16.6 Å². The highest BCUT2D eigenvalue weighted by Gasteiger charge is 2.48. The summed E-state index contributed by atoms with van der Waals surface area (Å²) in [5.74, 6) is 0.215. The summed E-state index contributed by atoms with van der Waals surface area (Å²) in [6, 6.07) is 17.7. The van der Waals surface area contributed by atoms with Crippen LogP contribution >= 0.6 is 0 Å². The van der Waals surface area contributed by atoms with Crippen molar-refractivity contribution in [3.8, 4) is 0 Å². The average molecular weight is 513 g/mol. The first kappa shape index (κ1) is 26.8. The fourth-order valence-electron chi connectivity index (χ4n) is 6.40. The van der Waals surface area contributed by atoms with E-state index in [2.05, 4.69) is 113 Å². The van der Waals surface area contributed by atoms with Crippen LogP contribution in [0.15, 0.2) is 96.1 Å². The molecule has 2 aromatic rings. The van der Waals surface area contributed by atoms with E-state index in [1.54, 1.807) is 0 Å². The van der Waals surface area contributed by atoms with Gasteiger partial charge in [0.05, 0.1) is 43.0 Å². The van der Waals surface area contributed by atoms with Gasteiger partial charge >= 0.3 is 0 Å². The molecule has 4 unspecified atom stereocenters. The molecule has 0 aromatic heterocycles. The Hall–Kier alpha value is -2.76. The van der Waals surface area contributed by atoms with E-state index in [4.69, 9.17) is 9.47 Å². The van der Waals surface area contributed by atoms with Crippen molar-refractivity contribution in [1.82, 2.24) is 0 Å². The Balaban J connectivity index is 1.73. The Labute approximate surface area is 227 Å². The van der Waals surface area contributed by atoms with Gasteiger partial charge in [-0.15, -0.1) is 0 Å². The van der Waals surface area contributed by atoms with Crippen LogP contribution < -0.4 is 0 Å². The molecule has 3 aliphatic rings. The largest absolute Gasteiger partial charge is 0.394 e. The zero-order chi connectivity index (χ0) is 27.0. The lowest BCUT2D eigenvalue weighted by atomic mass is 9.56. The van der Waals surface area contributed by atoms with Crippen LogP contribution in [0, 0.1) is 11.8 Å². The van der Waals surface area contributed by atoms with E-state index in [9.17, 15) is 10.2 Å². The highest BCUT2D eigenvalue weighted by atomic mass is 16.5. The summed E-state index contributed by atoms with van der Waals surface area (Å²) < 4.78 is 12.2. The second-order valence-corrected chi connectivity index (χ2v) is 11.2. The van der Waals surface area contributed by atoms with Crippen LogP contribution in [0.2, 0.25) is 0 Å². The number of benzene rings is 2. The van der Waals surface area contributed by atoms with Crippen molar-refractivity contribution in [2.24, 2.45) is 11.8 Å². The predicted octanol–water partition coefficient (Wildman–Crippen LogP) is 5.68. The quantitative estimate of drug-likeness (QED) is 0.478. The lowest BCUT2D eigenvalue weighted by molar-refractivity contribution is -0.0359. The molecule has 0 saturated heterocycles. The molecular formula is C34H40O4. The molecule has 4 atom stereocenters. The van der Waals surface area contributed by atoms with Gasteiger partial charge in [-0.3, -0.25) is 0 Å². The number of aliphatic hydroxyl groups excluding tert-OH is 2. The first-order valence-electron chi connectivity index (χ1n) is 13.8. The molecule has 0 amide bonds. The minimum Gasteiger partial charge on any atom is -0.394 e. The molecule has 0 heterocycles. The lowest BCUT2D eigenvalue weighted by Crippen LogP contribution is -2.43. The lowest BCUT2D eigenvalue weighted by Gasteiger charge is -2.48. The standard InChI is InChI=1S/C34H40O4/c1-24-21-28(13-15-32(24,3)37-19-17-35)34(29-14-16-33(4,25(2)22-29)38-20-18-36)30-11-7-5-9-26(30)23-27-10-6-8-12-31(27)34/h5-16,21-22,24-25,35-36H,17-20,23H2,1-4H3. The number of fused-ring (bicyclic) bond motifs is 2. The summed E-state index contributed by atoms with van der Waals surface area (Å²) in [6.45, 7) is 9.21. The van der Waals surface area contributed by atoms with E-state index in [0.29, 0.717) is 13.2 Å². The zero-order valence-electron chi connectivity index (χ0n) is 23.0. The Morgan fingerprint density at radius 2 is 1.13 bits per heavy atom. The third-order valence-corrected chi connectivity index (χ3v) is 8.95. The third kappa shape index (κ3) is 4.34. The van der Waals surface area contributed by atoms with Gasteiger partial charge in [0.1, 0.15) is 0 Å². The number of rotatable bonds is 8. The Bertz CT molecular complexity index is 1200. The molecule has 0 aliphatic heterocycles. The van der Waals surface area contributed by atoms with Gasteiger partial charge in [-0.25, -0.2) is 0 Å². The smallest absolute Gasteiger partial charge is 0.0898 e. The molecule has 200 valence electrons. The Morgan fingerprint density at radius 1 is 0.711 bits per heavy atom. The number of hydrogen-bond donors (Lipinski definition) is 2. The summed E-state index contributed by atoms with van der Waals surface area (Å²) in [5.41, 5.74) is 6.31. The second kappa shape index (κ2) is 10.4. The fraction of sp³-hybridized carbons (Fsp3) is 0.412. The first-order valence-corrected chi connectivity index (χ1v) is 13.8. The van der Waals surface area contributed by atoms with E-state index in [1.165, 1.54) is 33.4 Å². The van der Waals surface area contributed by atoms with Gasteiger partial charge in [0.2, 0.25) is 0 Å². The molecule has 4 heteroatoms. The monoisotopic (exact) mass is 512 g/mol. The number of ether oxygens (including phenoxy) is 2. The fourth-order valence-corrected chi connectivity index (χ4v) is 6.40. The van der Waals surface area contributed by atoms with Crippen LogP contribution in [0.5, 0.6) is 0 Å². The highest BCUT2D eigenvalue weighted by molar-refractivity contribution is 5.70. The number of aliphatic hydroxyl groups is 2. The van der Waals surface area contributed by atoms with Crippen LogP contribution in [-0.2, 0) is 21.3 Å². The van der Waals surface area contributed by atoms with Crippen molar-refractivity contribution < 1.29 is 19.7 Å². The van der Waals surface area contributed by atoms with Crippen molar-refractivity contribution >= 4 is 0 Å². The van der Waals surface area contributed by atoms with Gasteiger partial charge in [0, 0.05) is 11.8 Å². The van der Waals surface area contributed by atoms with Crippen molar-refractivity contribution in [2.75, 3.05) is 26.4 Å². The minimum absolute atomic E-state index is 0.00407. The van der Waals surface area contributed by atoms with Crippen molar-refractivity contribution in [1.29, 1.82) is 0 Å². The van der Waals surface area contributed by atoms with Crippen molar-refractivity contribution in [3.63, 3.8) is 0 Å². The molecule has 2 N–H and O–H groups in total. The maximum atomic E-state index is 9.40. The maximum Gasteiger partial charge on any atom is 0.0898 e. The van der Waals surface area contributed by atoms with Crippen LogP contribution in [0.1, 0.15) is 49.9 Å². The average Bonchev–Trinajstić information content (AvgIpc) is 2.93. The molecule has 2 aromatic carbocycles.